The van der Waals surface area contributed by atoms with E-state index in [1.807, 2.05) is 70.4 Å². The molecule has 22 rings (SSSR count). The van der Waals surface area contributed by atoms with E-state index in [1.165, 1.54) is 157 Å². The quantitative estimate of drug-likeness (QED) is 0.172. The second kappa shape index (κ2) is 27.5. The number of halogens is 5. The zero-order valence-electron chi connectivity index (χ0n) is 54.0. The highest BCUT2D eigenvalue weighted by atomic mass is 79.9. The molecule has 0 saturated carbocycles. The monoisotopic (exact) mass is 1680 g/mol. The Morgan fingerprint density at radius 3 is 1.42 bits per heavy atom. The molecular weight excluding hydrogens is 1630 g/mol. The summed E-state index contributed by atoms with van der Waals surface area (Å²) in [5.74, 6) is 0. The Bertz CT molecular complexity index is 7060. The average molecular weight is 1690 g/mol. The molecule has 5 heterocycles. The van der Waals surface area contributed by atoms with Crippen molar-refractivity contribution in [1.29, 1.82) is 0 Å². The molecule has 17 aromatic carbocycles. The topological polar surface area (TPSA) is 26.3 Å². The van der Waals surface area contributed by atoms with Crippen LogP contribution in [0.25, 0.3) is 181 Å². The molecule has 2 nitrogen and oxygen atoms in total. The Hall–Kier alpha value is -9.30. The minimum Gasteiger partial charge on any atom is -0.456 e. The van der Waals surface area contributed by atoms with E-state index >= 15 is 0 Å². The Balaban J connectivity index is 0.0000000919. The van der Waals surface area contributed by atoms with Gasteiger partial charge in [-0.25, -0.2) is 0 Å². The number of benzene rings is 17. The summed E-state index contributed by atoms with van der Waals surface area (Å²) in [5.41, 5.74) is 8.83. The Morgan fingerprint density at radius 2 is 0.696 bits per heavy atom. The minimum absolute atomic E-state index is 0.927. The standard InChI is InChI=1S/2C22H13BrS.2C16H9BrO.C16H9BrS/c23-15-7-5-6-14(12-15)19-13-21-22(17-9-2-1-8-16(17)19)18-10-3-4-11-20(18)24-21;23-17-6-3-5-15(12-17)16-9-10-20-19(13-16)22-18-7-2-1-4-14(18)8-11-21(22)24-20;17-11-6-7-13-15(9-11)18-14-8-5-10-3-1-2-4-12(10)16(13)14;17-11-6-8-15-14(9-11)13-7-5-10-3-1-2-4-12(10)16(13)18-15;17-13-7-3-6-12-15-11-5-2-1-4-10(11)8-9-14(15)18-16(12)13/h2*1-13H;3*1-9H. The van der Waals surface area contributed by atoms with Crippen LogP contribution in [0, 0.1) is 0 Å². The molecule has 0 radical (unpaired) electrons. The van der Waals surface area contributed by atoms with Crippen molar-refractivity contribution in [2.24, 2.45) is 0 Å². The van der Waals surface area contributed by atoms with Gasteiger partial charge in [0, 0.05) is 110 Å². The van der Waals surface area contributed by atoms with E-state index in [1.54, 1.807) is 0 Å². The van der Waals surface area contributed by atoms with Gasteiger partial charge in [-0.05, 0) is 202 Å². The zero-order chi connectivity index (χ0) is 68.5. The third-order valence-corrected chi connectivity index (χ3v) is 25.4. The Morgan fingerprint density at radius 1 is 0.216 bits per heavy atom. The fourth-order valence-corrected chi connectivity index (χ4v) is 19.9. The lowest BCUT2D eigenvalue weighted by Gasteiger charge is -2.09. The highest BCUT2D eigenvalue weighted by Gasteiger charge is 2.17. The lowest BCUT2D eigenvalue weighted by atomic mass is 9.95. The first-order chi connectivity index (χ1) is 50.1. The molecule has 0 spiro atoms. The molecule has 0 aliphatic rings. The van der Waals surface area contributed by atoms with Crippen LogP contribution in [0.15, 0.2) is 353 Å². The van der Waals surface area contributed by atoms with Crippen LogP contribution in [-0.2, 0) is 0 Å². The van der Waals surface area contributed by atoms with Crippen molar-refractivity contribution in [1.82, 2.24) is 0 Å². The number of hydrogen-bond acceptors (Lipinski definition) is 5. The van der Waals surface area contributed by atoms with Gasteiger partial charge in [0.1, 0.15) is 22.3 Å². The smallest absolute Gasteiger partial charge is 0.143 e. The van der Waals surface area contributed by atoms with E-state index < -0.39 is 0 Å². The molecule has 102 heavy (non-hydrogen) atoms. The Labute approximate surface area is 640 Å². The summed E-state index contributed by atoms with van der Waals surface area (Å²) in [6, 6.07) is 114. The largest absolute Gasteiger partial charge is 0.456 e. The van der Waals surface area contributed by atoms with E-state index in [0.29, 0.717) is 0 Å². The molecule has 0 aliphatic carbocycles. The highest BCUT2D eigenvalue weighted by molar-refractivity contribution is 9.11. The lowest BCUT2D eigenvalue weighted by molar-refractivity contribution is 0.669. The molecule has 0 bridgehead atoms. The normalized spacial score (nSPS) is 11.6. The van der Waals surface area contributed by atoms with Gasteiger partial charge in [-0.1, -0.05) is 270 Å². The van der Waals surface area contributed by atoms with Gasteiger partial charge in [0.05, 0.1) is 0 Å². The van der Waals surface area contributed by atoms with Crippen LogP contribution in [-0.4, -0.2) is 0 Å². The molecule has 10 heteroatoms. The van der Waals surface area contributed by atoms with Crippen molar-refractivity contribution in [2.75, 3.05) is 0 Å². The number of furan rings is 2. The average Bonchev–Trinajstić information content (AvgIpc) is 1.56. The van der Waals surface area contributed by atoms with Gasteiger partial charge in [-0.3, -0.25) is 0 Å². The summed E-state index contributed by atoms with van der Waals surface area (Å²) in [4.78, 5) is 0. The van der Waals surface area contributed by atoms with E-state index in [4.69, 9.17) is 8.83 Å². The second-order valence-electron chi connectivity index (χ2n) is 25.1. The van der Waals surface area contributed by atoms with Crippen molar-refractivity contribution in [3.63, 3.8) is 0 Å². The van der Waals surface area contributed by atoms with Gasteiger partial charge in [0.15, 0.2) is 0 Å². The molecule has 5 aromatic heterocycles. The highest BCUT2D eigenvalue weighted by Crippen LogP contribution is 2.46. The molecule has 0 saturated heterocycles. The van der Waals surface area contributed by atoms with Crippen molar-refractivity contribution < 1.29 is 8.83 Å². The maximum absolute atomic E-state index is 6.00. The zero-order valence-corrected chi connectivity index (χ0v) is 64.4. The molecule has 0 N–H and O–H groups in total. The molecule has 0 unspecified atom stereocenters. The molecule has 0 amide bonds. The molecule has 0 atom stereocenters. The lowest BCUT2D eigenvalue weighted by Crippen LogP contribution is -1.82. The second-order valence-corrected chi connectivity index (χ2v) is 32.9. The fraction of sp³-hybridized carbons (Fsp3) is 0. The van der Waals surface area contributed by atoms with Crippen LogP contribution in [0.5, 0.6) is 0 Å². The summed E-state index contributed by atoms with van der Waals surface area (Å²) < 4.78 is 25.5. The Kier molecular flexibility index (Phi) is 17.4. The number of hydrogen-bond donors (Lipinski definition) is 0. The van der Waals surface area contributed by atoms with Gasteiger partial charge < -0.3 is 8.83 Å². The van der Waals surface area contributed by atoms with Crippen molar-refractivity contribution in [3.8, 4) is 22.3 Å². The van der Waals surface area contributed by atoms with Crippen molar-refractivity contribution in [2.45, 2.75) is 0 Å². The molecular formula is C92H53Br5O2S3. The number of fused-ring (bicyclic) bond motifs is 25. The summed E-state index contributed by atoms with van der Waals surface area (Å²) in [6.07, 6.45) is 0. The van der Waals surface area contributed by atoms with E-state index in [-0.39, 0.29) is 0 Å². The summed E-state index contributed by atoms with van der Waals surface area (Å²) in [7, 11) is 0. The molecule has 0 fully saturated rings. The van der Waals surface area contributed by atoms with Crippen molar-refractivity contribution in [3.05, 3.63) is 344 Å². The predicted octanol–water partition coefficient (Wildman–Crippen LogP) is 32.2. The first kappa shape index (κ1) is 64.8. The van der Waals surface area contributed by atoms with Gasteiger partial charge in [0.25, 0.3) is 0 Å². The summed E-state index contributed by atoms with van der Waals surface area (Å²) in [6.45, 7) is 0. The van der Waals surface area contributed by atoms with E-state index in [2.05, 4.69) is 365 Å². The third-order valence-electron chi connectivity index (χ3n) is 19.0. The minimum atomic E-state index is 0.927. The van der Waals surface area contributed by atoms with Crippen molar-refractivity contribution >= 4 is 272 Å². The van der Waals surface area contributed by atoms with Gasteiger partial charge in [-0.15, -0.1) is 34.0 Å². The first-order valence-corrected chi connectivity index (χ1v) is 39.7. The van der Waals surface area contributed by atoms with Gasteiger partial charge in [-0.2, -0.15) is 0 Å². The first-order valence-electron chi connectivity index (χ1n) is 33.3. The van der Waals surface area contributed by atoms with Crippen LogP contribution in [0.1, 0.15) is 0 Å². The van der Waals surface area contributed by atoms with E-state index in [0.717, 1.165) is 45.6 Å². The van der Waals surface area contributed by atoms with Crippen LogP contribution >= 0.6 is 114 Å². The van der Waals surface area contributed by atoms with Crippen LogP contribution in [0.4, 0.5) is 0 Å². The van der Waals surface area contributed by atoms with Gasteiger partial charge in [0.2, 0.25) is 0 Å². The van der Waals surface area contributed by atoms with E-state index in [9.17, 15) is 0 Å². The molecule has 486 valence electrons. The molecule has 0 aliphatic heterocycles. The molecule has 22 aromatic rings. The van der Waals surface area contributed by atoms with Crippen LogP contribution in [0.3, 0.4) is 0 Å². The van der Waals surface area contributed by atoms with Crippen LogP contribution < -0.4 is 0 Å². The fourth-order valence-electron chi connectivity index (χ4n) is 14.4. The number of rotatable bonds is 2. The van der Waals surface area contributed by atoms with Gasteiger partial charge >= 0.3 is 0 Å². The SMILES string of the molecule is Brc1ccc2c(c1)oc1ccc3ccccc3c12.Brc1ccc2oc3c4ccccc4ccc3c2c1.Brc1cccc(-c2cc3sc4ccccc4c3c3ccccc23)c1.Brc1cccc(-c2ccc3sc4ccc5ccccc5c4c3c2)c1.Brc1cccc2c1sc1ccc3ccccc3c12. The maximum Gasteiger partial charge on any atom is 0.143 e. The van der Waals surface area contributed by atoms with Crippen LogP contribution in [0.2, 0.25) is 0 Å². The summed E-state index contributed by atoms with van der Waals surface area (Å²) in [5, 5.41) is 25.7. The third kappa shape index (κ3) is 12.1. The summed E-state index contributed by atoms with van der Waals surface area (Å²) >= 11 is 23.4. The number of thiophene rings is 3. The maximum atomic E-state index is 6.00. The predicted molar refractivity (Wildman–Crippen MR) is 462 cm³/mol.